The van der Waals surface area contributed by atoms with E-state index in [0.29, 0.717) is 16.7 Å². The first-order chi connectivity index (χ1) is 8.16. The summed E-state index contributed by atoms with van der Waals surface area (Å²) in [5.74, 6) is -0.328. The number of benzene rings is 1. The normalized spacial score (nSPS) is 18.9. The summed E-state index contributed by atoms with van der Waals surface area (Å²) in [4.78, 5) is 11.9. The fourth-order valence-electron chi connectivity index (χ4n) is 1.89. The van der Waals surface area contributed by atoms with E-state index in [1.54, 1.807) is 12.1 Å². The number of halogens is 3. The second-order valence-electron chi connectivity index (χ2n) is 4.16. The Balaban J connectivity index is 0.00000162. The molecule has 0 aliphatic carbocycles. The van der Waals surface area contributed by atoms with E-state index in [9.17, 15) is 9.18 Å². The van der Waals surface area contributed by atoms with Crippen LogP contribution in [0.1, 0.15) is 12.8 Å². The quantitative estimate of drug-likeness (QED) is 0.871. The summed E-state index contributed by atoms with van der Waals surface area (Å²) in [6.07, 6.45) is 1.92. The van der Waals surface area contributed by atoms with Crippen LogP contribution in [0.2, 0.25) is 0 Å². The topological polar surface area (TPSA) is 41.1 Å². The van der Waals surface area contributed by atoms with Gasteiger partial charge in [0.25, 0.3) is 0 Å². The fourth-order valence-corrected chi connectivity index (χ4v) is 2.27. The maximum Gasteiger partial charge on any atom is 0.228 e. The monoisotopic (exact) mass is 336 g/mol. The molecule has 2 rings (SSSR count). The van der Waals surface area contributed by atoms with E-state index in [-0.39, 0.29) is 30.0 Å². The van der Waals surface area contributed by atoms with Crippen LogP contribution in [-0.4, -0.2) is 19.0 Å². The minimum atomic E-state index is -0.331. The molecule has 0 radical (unpaired) electrons. The zero-order chi connectivity index (χ0) is 12.3. The molecule has 18 heavy (non-hydrogen) atoms. The largest absolute Gasteiger partial charge is 0.326 e. The van der Waals surface area contributed by atoms with Crippen molar-refractivity contribution >= 4 is 39.9 Å². The third-order valence-corrected chi connectivity index (χ3v) is 3.46. The minimum absolute atomic E-state index is 0. The lowest BCUT2D eigenvalue weighted by Gasteiger charge is -2.21. The fraction of sp³-hybridized carbons (Fsp3) is 0.417. The van der Waals surface area contributed by atoms with Crippen LogP contribution >= 0.6 is 28.3 Å². The molecular formula is C12H15BrClFN2O. The van der Waals surface area contributed by atoms with Crippen molar-refractivity contribution in [3.63, 3.8) is 0 Å². The predicted molar refractivity (Wildman–Crippen MR) is 75.6 cm³/mol. The van der Waals surface area contributed by atoms with Gasteiger partial charge < -0.3 is 10.6 Å². The molecule has 1 fully saturated rings. The van der Waals surface area contributed by atoms with Crippen molar-refractivity contribution in [2.75, 3.05) is 18.4 Å². The molecule has 1 aromatic rings. The van der Waals surface area contributed by atoms with Gasteiger partial charge in [0.15, 0.2) is 0 Å². The molecule has 0 aromatic heterocycles. The van der Waals surface area contributed by atoms with Crippen molar-refractivity contribution in [3.8, 4) is 0 Å². The Morgan fingerprint density at radius 2 is 2.28 bits per heavy atom. The van der Waals surface area contributed by atoms with E-state index in [2.05, 4.69) is 26.6 Å². The second-order valence-corrected chi connectivity index (χ2v) is 5.02. The van der Waals surface area contributed by atoms with Gasteiger partial charge >= 0.3 is 0 Å². The number of amides is 1. The van der Waals surface area contributed by atoms with Crippen molar-refractivity contribution in [1.29, 1.82) is 0 Å². The van der Waals surface area contributed by atoms with Gasteiger partial charge in [-0.15, -0.1) is 12.4 Å². The minimum Gasteiger partial charge on any atom is -0.326 e. The number of anilines is 1. The highest BCUT2D eigenvalue weighted by Crippen LogP contribution is 2.21. The smallest absolute Gasteiger partial charge is 0.228 e. The number of hydrogen-bond donors (Lipinski definition) is 2. The van der Waals surface area contributed by atoms with Gasteiger partial charge in [0, 0.05) is 12.2 Å². The zero-order valence-corrected chi connectivity index (χ0v) is 12.1. The summed E-state index contributed by atoms with van der Waals surface area (Å²) >= 11 is 3.09. The van der Waals surface area contributed by atoms with E-state index in [1.165, 1.54) is 6.07 Å². The highest BCUT2D eigenvalue weighted by Gasteiger charge is 2.20. The molecule has 1 atom stereocenters. The van der Waals surface area contributed by atoms with E-state index in [0.717, 1.165) is 19.4 Å². The number of hydrogen-bond acceptors (Lipinski definition) is 2. The highest BCUT2D eigenvalue weighted by atomic mass is 79.9. The number of carbonyl (C=O) groups is 1. The van der Waals surface area contributed by atoms with E-state index in [1.807, 2.05) is 0 Å². The van der Waals surface area contributed by atoms with Crippen molar-refractivity contribution in [1.82, 2.24) is 5.32 Å². The summed E-state index contributed by atoms with van der Waals surface area (Å²) < 4.78 is 13.4. The van der Waals surface area contributed by atoms with Gasteiger partial charge in [-0.05, 0) is 53.5 Å². The van der Waals surface area contributed by atoms with Gasteiger partial charge in [0.1, 0.15) is 5.82 Å². The third kappa shape index (κ3) is 3.93. The summed E-state index contributed by atoms with van der Waals surface area (Å²) in [5, 5.41) is 6.00. The molecule has 1 saturated heterocycles. The van der Waals surface area contributed by atoms with Gasteiger partial charge in [0.2, 0.25) is 5.91 Å². The van der Waals surface area contributed by atoms with Gasteiger partial charge in [-0.1, -0.05) is 0 Å². The summed E-state index contributed by atoms with van der Waals surface area (Å²) in [5.41, 5.74) is 0.619. The number of nitrogens with one attached hydrogen (secondary N) is 2. The van der Waals surface area contributed by atoms with Crippen LogP contribution in [0.4, 0.5) is 10.1 Å². The van der Waals surface area contributed by atoms with Crippen molar-refractivity contribution in [3.05, 3.63) is 28.5 Å². The van der Waals surface area contributed by atoms with Crippen LogP contribution < -0.4 is 10.6 Å². The van der Waals surface area contributed by atoms with Crippen LogP contribution in [-0.2, 0) is 4.79 Å². The Hall–Kier alpha value is -0.650. The zero-order valence-electron chi connectivity index (χ0n) is 9.71. The van der Waals surface area contributed by atoms with Gasteiger partial charge in [-0.25, -0.2) is 4.39 Å². The van der Waals surface area contributed by atoms with Crippen LogP contribution in [0, 0.1) is 11.7 Å². The highest BCUT2D eigenvalue weighted by molar-refractivity contribution is 9.10. The lowest BCUT2D eigenvalue weighted by Crippen LogP contribution is -2.37. The molecule has 1 aromatic carbocycles. The van der Waals surface area contributed by atoms with Gasteiger partial charge in [-0.3, -0.25) is 4.79 Å². The van der Waals surface area contributed by atoms with Crippen molar-refractivity contribution < 1.29 is 9.18 Å². The number of rotatable bonds is 2. The Morgan fingerprint density at radius 3 is 2.89 bits per heavy atom. The SMILES string of the molecule is Cl.O=C(Nc1ccc(F)c(Br)c1)C1CCCNC1. The molecular weight excluding hydrogens is 323 g/mol. The third-order valence-electron chi connectivity index (χ3n) is 2.85. The summed E-state index contributed by atoms with van der Waals surface area (Å²) in [6, 6.07) is 4.47. The van der Waals surface area contributed by atoms with E-state index >= 15 is 0 Å². The molecule has 1 amide bonds. The first kappa shape index (κ1) is 15.4. The van der Waals surface area contributed by atoms with Gasteiger partial charge in [-0.2, -0.15) is 0 Å². The Labute approximate surface area is 120 Å². The average molecular weight is 338 g/mol. The standard InChI is InChI=1S/C12H14BrFN2O.ClH/c13-10-6-9(3-4-11(10)14)16-12(17)8-2-1-5-15-7-8;/h3-4,6,8,15H,1-2,5,7H2,(H,16,17);1H. The molecule has 1 heterocycles. The van der Waals surface area contributed by atoms with E-state index in [4.69, 9.17) is 0 Å². The molecule has 3 nitrogen and oxygen atoms in total. The maximum atomic E-state index is 13.0. The lowest BCUT2D eigenvalue weighted by atomic mass is 9.99. The molecule has 6 heteroatoms. The average Bonchev–Trinajstić information content (AvgIpc) is 2.35. The Kier molecular flexibility index (Phi) is 6.05. The van der Waals surface area contributed by atoms with Gasteiger partial charge in [0.05, 0.1) is 10.4 Å². The van der Waals surface area contributed by atoms with Crippen LogP contribution in [0.5, 0.6) is 0 Å². The molecule has 1 aliphatic rings. The molecule has 1 unspecified atom stereocenters. The molecule has 100 valence electrons. The lowest BCUT2D eigenvalue weighted by molar-refractivity contribution is -0.120. The summed E-state index contributed by atoms with van der Waals surface area (Å²) in [6.45, 7) is 1.69. The Bertz CT molecular complexity index is 425. The first-order valence-electron chi connectivity index (χ1n) is 5.63. The Morgan fingerprint density at radius 1 is 1.50 bits per heavy atom. The second kappa shape index (κ2) is 7.07. The first-order valence-corrected chi connectivity index (χ1v) is 6.43. The van der Waals surface area contributed by atoms with Crippen LogP contribution in [0.3, 0.4) is 0 Å². The number of carbonyl (C=O) groups excluding carboxylic acids is 1. The molecule has 0 bridgehead atoms. The summed E-state index contributed by atoms with van der Waals surface area (Å²) in [7, 11) is 0. The maximum absolute atomic E-state index is 13.0. The molecule has 0 saturated carbocycles. The van der Waals surface area contributed by atoms with E-state index < -0.39 is 0 Å². The molecule has 2 N–H and O–H groups in total. The molecule has 0 spiro atoms. The predicted octanol–water partition coefficient (Wildman–Crippen LogP) is 2.95. The van der Waals surface area contributed by atoms with Crippen LogP contribution in [0.15, 0.2) is 22.7 Å². The number of piperidine rings is 1. The van der Waals surface area contributed by atoms with Crippen molar-refractivity contribution in [2.24, 2.45) is 5.92 Å². The molecule has 1 aliphatic heterocycles. The van der Waals surface area contributed by atoms with Crippen LogP contribution in [0.25, 0.3) is 0 Å². The van der Waals surface area contributed by atoms with Crippen molar-refractivity contribution in [2.45, 2.75) is 12.8 Å².